The van der Waals surface area contributed by atoms with E-state index in [4.69, 9.17) is 5.73 Å². The minimum Gasteiger partial charge on any atom is -0.341 e. The number of hydrogen-bond donors (Lipinski definition) is 2. The van der Waals surface area contributed by atoms with E-state index in [2.05, 4.69) is 9.97 Å². The van der Waals surface area contributed by atoms with E-state index in [1.165, 1.54) is 25.0 Å². The zero-order valence-corrected chi connectivity index (χ0v) is 9.67. The van der Waals surface area contributed by atoms with Crippen LogP contribution in [0.3, 0.4) is 0 Å². The predicted octanol–water partition coefficient (Wildman–Crippen LogP) is 2.47. The molecule has 1 aromatic heterocycles. The van der Waals surface area contributed by atoms with Crippen molar-refractivity contribution in [3.63, 3.8) is 0 Å². The van der Waals surface area contributed by atoms with Gasteiger partial charge in [-0.2, -0.15) is 0 Å². The minimum atomic E-state index is -0.235. The summed E-state index contributed by atoms with van der Waals surface area (Å²) in [5.74, 6) is 0.694. The van der Waals surface area contributed by atoms with Gasteiger partial charge in [0.15, 0.2) is 0 Å². The number of hydrogen-bond acceptors (Lipinski definition) is 2. The topological polar surface area (TPSA) is 54.7 Å². The minimum absolute atomic E-state index is 0.0184. The third-order valence-electron chi connectivity index (χ3n) is 3.90. The molecular formula is C13H16FN3. The molecule has 90 valence electrons. The highest BCUT2D eigenvalue weighted by Gasteiger charge is 2.37. The highest BCUT2D eigenvalue weighted by molar-refractivity contribution is 5.75. The van der Waals surface area contributed by atoms with Gasteiger partial charge in [-0.1, -0.05) is 12.8 Å². The molecule has 0 spiro atoms. The number of fused-ring (bicyclic) bond motifs is 1. The first kappa shape index (κ1) is 10.7. The molecule has 1 fully saturated rings. The number of aromatic amines is 1. The van der Waals surface area contributed by atoms with Crippen LogP contribution in [0.25, 0.3) is 11.0 Å². The summed E-state index contributed by atoms with van der Waals surface area (Å²) >= 11 is 0. The number of imidazole rings is 1. The van der Waals surface area contributed by atoms with E-state index < -0.39 is 0 Å². The van der Waals surface area contributed by atoms with Gasteiger partial charge in [-0.25, -0.2) is 9.37 Å². The van der Waals surface area contributed by atoms with Crippen molar-refractivity contribution < 1.29 is 4.39 Å². The van der Waals surface area contributed by atoms with Crippen molar-refractivity contribution in [1.29, 1.82) is 0 Å². The molecule has 1 aliphatic rings. The van der Waals surface area contributed by atoms with Gasteiger partial charge in [-0.3, -0.25) is 0 Å². The summed E-state index contributed by atoms with van der Waals surface area (Å²) in [6.45, 7) is 0.606. The SMILES string of the molecule is NCC1(c2nc3ccc(F)cc3[nH]2)CCCC1. The molecule has 1 saturated carbocycles. The number of rotatable bonds is 2. The molecule has 0 amide bonds. The molecule has 3 rings (SSSR count). The molecule has 1 aliphatic carbocycles. The molecule has 0 bridgehead atoms. The van der Waals surface area contributed by atoms with Gasteiger partial charge < -0.3 is 10.7 Å². The van der Waals surface area contributed by atoms with E-state index in [1.54, 1.807) is 6.07 Å². The van der Waals surface area contributed by atoms with E-state index in [0.717, 1.165) is 29.7 Å². The summed E-state index contributed by atoms with van der Waals surface area (Å²) in [6, 6.07) is 4.64. The van der Waals surface area contributed by atoms with E-state index in [1.807, 2.05) is 0 Å². The second-order valence-electron chi connectivity index (χ2n) is 4.94. The quantitative estimate of drug-likeness (QED) is 0.837. The van der Waals surface area contributed by atoms with Crippen molar-refractivity contribution >= 4 is 11.0 Å². The van der Waals surface area contributed by atoms with Gasteiger partial charge in [-0.05, 0) is 31.0 Å². The van der Waals surface area contributed by atoms with Gasteiger partial charge in [0.25, 0.3) is 0 Å². The molecule has 1 heterocycles. The largest absolute Gasteiger partial charge is 0.341 e. The highest BCUT2D eigenvalue weighted by Crippen LogP contribution is 2.39. The maximum Gasteiger partial charge on any atom is 0.125 e. The monoisotopic (exact) mass is 233 g/mol. The lowest BCUT2D eigenvalue weighted by atomic mass is 9.85. The normalized spacial score (nSPS) is 18.9. The van der Waals surface area contributed by atoms with Crippen LogP contribution in [0.2, 0.25) is 0 Å². The van der Waals surface area contributed by atoms with Crippen molar-refractivity contribution in [2.24, 2.45) is 5.73 Å². The van der Waals surface area contributed by atoms with Crippen LogP contribution in [0.4, 0.5) is 4.39 Å². The van der Waals surface area contributed by atoms with Crippen LogP contribution in [-0.4, -0.2) is 16.5 Å². The molecule has 2 aromatic rings. The second-order valence-corrected chi connectivity index (χ2v) is 4.94. The van der Waals surface area contributed by atoms with Crippen molar-refractivity contribution in [2.45, 2.75) is 31.1 Å². The second kappa shape index (κ2) is 3.81. The fourth-order valence-electron chi connectivity index (χ4n) is 2.82. The Kier molecular flexibility index (Phi) is 2.40. The third kappa shape index (κ3) is 1.63. The Hall–Kier alpha value is -1.42. The van der Waals surface area contributed by atoms with Crippen LogP contribution in [0, 0.1) is 5.82 Å². The van der Waals surface area contributed by atoms with Crippen molar-refractivity contribution in [3.05, 3.63) is 29.8 Å². The van der Waals surface area contributed by atoms with E-state index in [9.17, 15) is 4.39 Å². The summed E-state index contributed by atoms with van der Waals surface area (Å²) in [5.41, 5.74) is 7.48. The predicted molar refractivity (Wildman–Crippen MR) is 65.3 cm³/mol. The van der Waals surface area contributed by atoms with Crippen molar-refractivity contribution in [3.8, 4) is 0 Å². The summed E-state index contributed by atoms with van der Waals surface area (Å²) in [7, 11) is 0. The number of nitrogens with two attached hydrogens (primary N) is 1. The van der Waals surface area contributed by atoms with Gasteiger partial charge in [0, 0.05) is 12.0 Å². The van der Waals surface area contributed by atoms with Crippen LogP contribution < -0.4 is 5.73 Å². The average molecular weight is 233 g/mol. The van der Waals surface area contributed by atoms with Crippen molar-refractivity contribution in [2.75, 3.05) is 6.54 Å². The number of H-pyrrole nitrogens is 1. The number of nitrogens with one attached hydrogen (secondary N) is 1. The third-order valence-corrected chi connectivity index (χ3v) is 3.90. The van der Waals surface area contributed by atoms with Crippen LogP contribution >= 0.6 is 0 Å². The molecular weight excluding hydrogens is 217 g/mol. The fourth-order valence-corrected chi connectivity index (χ4v) is 2.82. The number of aromatic nitrogens is 2. The molecule has 0 saturated heterocycles. The van der Waals surface area contributed by atoms with Gasteiger partial charge in [0.1, 0.15) is 11.6 Å². The fraction of sp³-hybridized carbons (Fsp3) is 0.462. The first-order valence-corrected chi connectivity index (χ1v) is 6.09. The highest BCUT2D eigenvalue weighted by atomic mass is 19.1. The van der Waals surface area contributed by atoms with E-state index in [0.29, 0.717) is 6.54 Å². The summed E-state index contributed by atoms with van der Waals surface area (Å²) in [6.07, 6.45) is 4.54. The Morgan fingerprint density at radius 2 is 2.12 bits per heavy atom. The lowest BCUT2D eigenvalue weighted by Crippen LogP contribution is -2.33. The van der Waals surface area contributed by atoms with Crippen LogP contribution in [0.1, 0.15) is 31.5 Å². The summed E-state index contributed by atoms with van der Waals surface area (Å²) < 4.78 is 13.1. The molecule has 0 atom stereocenters. The zero-order valence-electron chi connectivity index (χ0n) is 9.67. The van der Waals surface area contributed by atoms with Gasteiger partial charge in [-0.15, -0.1) is 0 Å². The van der Waals surface area contributed by atoms with Crippen molar-refractivity contribution in [1.82, 2.24) is 9.97 Å². The Morgan fingerprint density at radius 3 is 2.82 bits per heavy atom. The first-order chi connectivity index (χ1) is 8.23. The van der Waals surface area contributed by atoms with Gasteiger partial charge >= 0.3 is 0 Å². The van der Waals surface area contributed by atoms with Crippen LogP contribution in [0.15, 0.2) is 18.2 Å². The van der Waals surface area contributed by atoms with Crippen LogP contribution in [-0.2, 0) is 5.41 Å². The standard InChI is InChI=1S/C13H16FN3/c14-9-3-4-10-11(7-9)17-12(16-10)13(8-15)5-1-2-6-13/h3-4,7H,1-2,5-6,8,15H2,(H,16,17). The lowest BCUT2D eigenvalue weighted by molar-refractivity contribution is 0.430. The van der Waals surface area contributed by atoms with E-state index >= 15 is 0 Å². The molecule has 0 aliphatic heterocycles. The lowest BCUT2D eigenvalue weighted by Gasteiger charge is -2.24. The smallest absolute Gasteiger partial charge is 0.125 e. The average Bonchev–Trinajstić information content (AvgIpc) is 2.94. The molecule has 0 unspecified atom stereocenters. The maximum absolute atomic E-state index is 13.1. The van der Waals surface area contributed by atoms with Crippen LogP contribution in [0.5, 0.6) is 0 Å². The Bertz CT molecular complexity index is 541. The Morgan fingerprint density at radius 1 is 1.35 bits per heavy atom. The summed E-state index contributed by atoms with van der Waals surface area (Å²) in [4.78, 5) is 7.82. The Balaban J connectivity index is 2.11. The molecule has 1 aromatic carbocycles. The molecule has 3 nitrogen and oxygen atoms in total. The van der Waals surface area contributed by atoms with Gasteiger partial charge in [0.05, 0.1) is 11.0 Å². The molecule has 0 radical (unpaired) electrons. The molecule has 17 heavy (non-hydrogen) atoms. The first-order valence-electron chi connectivity index (χ1n) is 6.09. The maximum atomic E-state index is 13.1. The molecule has 3 N–H and O–H groups in total. The van der Waals surface area contributed by atoms with E-state index in [-0.39, 0.29) is 11.2 Å². The zero-order chi connectivity index (χ0) is 11.9. The molecule has 4 heteroatoms. The number of benzene rings is 1. The number of halogens is 1. The van der Waals surface area contributed by atoms with Gasteiger partial charge in [0.2, 0.25) is 0 Å². The Labute approximate surface area is 99.2 Å². The number of nitrogens with zero attached hydrogens (tertiary/aromatic N) is 1. The summed E-state index contributed by atoms with van der Waals surface area (Å²) in [5, 5.41) is 0.